The van der Waals surface area contributed by atoms with E-state index in [1.807, 2.05) is 18.2 Å². The molecule has 0 aliphatic heterocycles. The first-order valence-corrected chi connectivity index (χ1v) is 3.86. The molecule has 0 aliphatic carbocycles. The number of ether oxygens (including phenoxy) is 1. The molecule has 1 aromatic heterocycles. The molecule has 0 radical (unpaired) electrons. The highest BCUT2D eigenvalue weighted by molar-refractivity contribution is 5.93. The molecule has 0 atom stereocenters. The van der Waals surface area contributed by atoms with Gasteiger partial charge in [-0.15, -0.1) is 12.4 Å². The number of benzene rings is 1. The largest absolute Gasteiger partial charge is 0.496 e. The van der Waals surface area contributed by atoms with E-state index in [2.05, 4.69) is 9.97 Å². The Bertz CT molecular complexity index is 442. The third-order valence-electron chi connectivity index (χ3n) is 1.87. The summed E-state index contributed by atoms with van der Waals surface area (Å²) in [6, 6.07) is 5.57. The van der Waals surface area contributed by atoms with E-state index in [9.17, 15) is 0 Å². The van der Waals surface area contributed by atoms with E-state index < -0.39 is 0 Å². The molecule has 0 amide bonds. The lowest BCUT2D eigenvalue weighted by Gasteiger charge is -2.05. The second kappa shape index (κ2) is 4.11. The van der Waals surface area contributed by atoms with Crippen LogP contribution in [0.25, 0.3) is 10.9 Å². The number of nitrogen functional groups attached to an aromatic ring is 1. The fraction of sp³-hybridized carbons (Fsp3) is 0.111. The molecule has 2 rings (SSSR count). The Morgan fingerprint density at radius 1 is 1.29 bits per heavy atom. The van der Waals surface area contributed by atoms with Crippen LogP contribution < -0.4 is 10.5 Å². The number of aromatic nitrogens is 2. The van der Waals surface area contributed by atoms with Gasteiger partial charge in [-0.2, -0.15) is 0 Å². The van der Waals surface area contributed by atoms with Gasteiger partial charge < -0.3 is 10.5 Å². The first-order chi connectivity index (χ1) is 6.33. The average molecular weight is 212 g/mol. The second-order valence-electron chi connectivity index (χ2n) is 2.61. The molecule has 4 nitrogen and oxygen atoms in total. The lowest BCUT2D eigenvalue weighted by atomic mass is 10.2. The van der Waals surface area contributed by atoms with Crippen LogP contribution in [-0.2, 0) is 0 Å². The molecule has 1 aromatic carbocycles. The molecular formula is C9H10ClN3O. The van der Waals surface area contributed by atoms with Gasteiger partial charge in [-0.25, -0.2) is 9.97 Å². The second-order valence-corrected chi connectivity index (χ2v) is 2.61. The van der Waals surface area contributed by atoms with Crippen molar-refractivity contribution in [3.63, 3.8) is 0 Å². The zero-order chi connectivity index (χ0) is 9.26. The quantitative estimate of drug-likeness (QED) is 0.779. The summed E-state index contributed by atoms with van der Waals surface area (Å²) in [5.74, 6) is 1.15. The Morgan fingerprint density at radius 3 is 2.79 bits per heavy atom. The Balaban J connectivity index is 0.000000980. The number of rotatable bonds is 1. The Hall–Kier alpha value is -1.55. The summed E-state index contributed by atoms with van der Waals surface area (Å²) < 4.78 is 5.15. The fourth-order valence-corrected chi connectivity index (χ4v) is 1.27. The van der Waals surface area contributed by atoms with E-state index in [0.29, 0.717) is 11.6 Å². The van der Waals surface area contributed by atoms with Crippen molar-refractivity contribution in [1.82, 2.24) is 9.97 Å². The number of anilines is 1. The van der Waals surface area contributed by atoms with Gasteiger partial charge in [0.1, 0.15) is 17.9 Å². The minimum Gasteiger partial charge on any atom is -0.496 e. The van der Waals surface area contributed by atoms with E-state index >= 15 is 0 Å². The van der Waals surface area contributed by atoms with Crippen LogP contribution in [0.4, 0.5) is 5.82 Å². The fourth-order valence-electron chi connectivity index (χ4n) is 1.27. The standard InChI is InChI=1S/C9H9N3O.ClH/c1-13-7-4-2-3-6-8(7)9(10)12-5-11-6;/h2-5H,1H3,(H2,10,11,12);1H. The topological polar surface area (TPSA) is 61.0 Å². The number of fused-ring (bicyclic) bond motifs is 1. The molecular weight excluding hydrogens is 202 g/mol. The average Bonchev–Trinajstić information content (AvgIpc) is 2.17. The molecule has 5 heteroatoms. The normalized spacial score (nSPS) is 9.50. The maximum Gasteiger partial charge on any atom is 0.138 e. The minimum absolute atomic E-state index is 0. The van der Waals surface area contributed by atoms with E-state index in [1.54, 1.807) is 7.11 Å². The lowest BCUT2D eigenvalue weighted by molar-refractivity contribution is 0.420. The van der Waals surface area contributed by atoms with Crippen LogP contribution in [0.15, 0.2) is 24.5 Å². The van der Waals surface area contributed by atoms with Gasteiger partial charge in [0.15, 0.2) is 0 Å². The maximum absolute atomic E-state index is 5.70. The van der Waals surface area contributed by atoms with Crippen molar-refractivity contribution in [2.24, 2.45) is 0 Å². The molecule has 74 valence electrons. The smallest absolute Gasteiger partial charge is 0.138 e. The van der Waals surface area contributed by atoms with E-state index in [-0.39, 0.29) is 12.4 Å². The first-order valence-electron chi connectivity index (χ1n) is 3.86. The number of nitrogens with zero attached hydrogens (tertiary/aromatic N) is 2. The van der Waals surface area contributed by atoms with Gasteiger partial charge in [0.25, 0.3) is 0 Å². The molecule has 0 saturated carbocycles. The van der Waals surface area contributed by atoms with E-state index in [4.69, 9.17) is 10.5 Å². The third kappa shape index (κ3) is 1.56. The Labute approximate surface area is 87.5 Å². The van der Waals surface area contributed by atoms with Gasteiger partial charge >= 0.3 is 0 Å². The highest BCUT2D eigenvalue weighted by Gasteiger charge is 2.05. The van der Waals surface area contributed by atoms with Crippen LogP contribution in [0.5, 0.6) is 5.75 Å². The van der Waals surface area contributed by atoms with Gasteiger partial charge in [-0.05, 0) is 12.1 Å². The zero-order valence-corrected chi connectivity index (χ0v) is 8.41. The molecule has 2 aromatic rings. The maximum atomic E-state index is 5.70. The van der Waals surface area contributed by atoms with Crippen LogP contribution in [0.3, 0.4) is 0 Å². The van der Waals surface area contributed by atoms with Gasteiger partial charge in [-0.3, -0.25) is 0 Å². The van der Waals surface area contributed by atoms with Crippen molar-refractivity contribution >= 4 is 29.1 Å². The molecule has 1 heterocycles. The molecule has 0 saturated heterocycles. The molecule has 0 fully saturated rings. The van der Waals surface area contributed by atoms with Crippen molar-refractivity contribution in [1.29, 1.82) is 0 Å². The summed E-state index contributed by atoms with van der Waals surface area (Å²) >= 11 is 0. The van der Waals surface area contributed by atoms with E-state index in [0.717, 1.165) is 10.9 Å². The molecule has 0 unspecified atom stereocenters. The minimum atomic E-state index is 0. The number of methoxy groups -OCH3 is 1. The van der Waals surface area contributed by atoms with Crippen molar-refractivity contribution in [3.05, 3.63) is 24.5 Å². The van der Waals surface area contributed by atoms with E-state index in [1.165, 1.54) is 6.33 Å². The highest BCUT2D eigenvalue weighted by atomic mass is 35.5. The van der Waals surface area contributed by atoms with Crippen LogP contribution in [0.2, 0.25) is 0 Å². The van der Waals surface area contributed by atoms with Crippen LogP contribution in [-0.4, -0.2) is 17.1 Å². The van der Waals surface area contributed by atoms with Crippen LogP contribution in [0, 0.1) is 0 Å². The summed E-state index contributed by atoms with van der Waals surface area (Å²) in [7, 11) is 1.60. The Morgan fingerprint density at radius 2 is 2.07 bits per heavy atom. The predicted molar refractivity (Wildman–Crippen MR) is 57.8 cm³/mol. The molecule has 0 aliphatic rings. The third-order valence-corrected chi connectivity index (χ3v) is 1.87. The van der Waals surface area contributed by atoms with Crippen molar-refractivity contribution in [2.45, 2.75) is 0 Å². The Kier molecular flexibility index (Phi) is 3.09. The number of nitrogens with two attached hydrogens (primary N) is 1. The van der Waals surface area contributed by atoms with Crippen molar-refractivity contribution in [3.8, 4) is 5.75 Å². The van der Waals surface area contributed by atoms with Crippen LogP contribution in [0.1, 0.15) is 0 Å². The van der Waals surface area contributed by atoms with Gasteiger partial charge in [0, 0.05) is 0 Å². The SMILES string of the molecule is COc1cccc2ncnc(N)c12.Cl. The summed E-state index contributed by atoms with van der Waals surface area (Å²) in [5.41, 5.74) is 6.50. The summed E-state index contributed by atoms with van der Waals surface area (Å²) in [4.78, 5) is 7.98. The van der Waals surface area contributed by atoms with Gasteiger partial charge in [0.05, 0.1) is 18.0 Å². The van der Waals surface area contributed by atoms with Crippen molar-refractivity contribution in [2.75, 3.05) is 12.8 Å². The van der Waals surface area contributed by atoms with Crippen LogP contribution >= 0.6 is 12.4 Å². The lowest BCUT2D eigenvalue weighted by Crippen LogP contribution is -1.95. The molecule has 2 N–H and O–H groups in total. The molecule has 0 spiro atoms. The summed E-state index contributed by atoms with van der Waals surface area (Å²) in [6.07, 6.45) is 1.44. The molecule has 0 bridgehead atoms. The number of hydrogen-bond donors (Lipinski definition) is 1. The number of halogens is 1. The van der Waals surface area contributed by atoms with Gasteiger partial charge in [-0.1, -0.05) is 6.07 Å². The van der Waals surface area contributed by atoms with Gasteiger partial charge in [0.2, 0.25) is 0 Å². The summed E-state index contributed by atoms with van der Waals surface area (Å²) in [6.45, 7) is 0. The highest BCUT2D eigenvalue weighted by Crippen LogP contribution is 2.26. The monoisotopic (exact) mass is 211 g/mol. The predicted octanol–water partition coefficient (Wildman–Crippen LogP) is 1.64. The first kappa shape index (κ1) is 10.5. The van der Waals surface area contributed by atoms with Crippen molar-refractivity contribution < 1.29 is 4.74 Å². The number of hydrogen-bond acceptors (Lipinski definition) is 4. The zero-order valence-electron chi connectivity index (χ0n) is 7.60. The summed E-state index contributed by atoms with van der Waals surface area (Å²) in [5, 5.41) is 0.771. The molecule has 14 heavy (non-hydrogen) atoms.